The van der Waals surface area contributed by atoms with Crippen LogP contribution in [0.5, 0.6) is 0 Å². The SMILES string of the molecule is CC(N)(Cc1ccccc1)C(=O)OCc1ccccc1.O=P(O)(O)Cl. The summed E-state index contributed by atoms with van der Waals surface area (Å²) in [6, 6.07) is 19.3. The van der Waals surface area contributed by atoms with E-state index in [2.05, 4.69) is 11.2 Å². The highest BCUT2D eigenvalue weighted by atomic mass is 35.7. The second-order valence-corrected chi connectivity index (χ2v) is 7.88. The molecule has 1 unspecified atom stereocenters. The monoisotopic (exact) mass is 385 g/mol. The van der Waals surface area contributed by atoms with E-state index in [0.29, 0.717) is 6.42 Å². The van der Waals surface area contributed by atoms with Gasteiger partial charge in [-0.05, 0) is 18.1 Å². The second-order valence-electron chi connectivity index (χ2n) is 5.61. The quantitative estimate of drug-likeness (QED) is 0.539. The van der Waals surface area contributed by atoms with Crippen LogP contribution in [0.3, 0.4) is 0 Å². The smallest absolute Gasteiger partial charge is 0.419 e. The van der Waals surface area contributed by atoms with Crippen LogP contribution in [-0.4, -0.2) is 21.3 Å². The van der Waals surface area contributed by atoms with Crippen LogP contribution in [0.25, 0.3) is 0 Å². The summed E-state index contributed by atoms with van der Waals surface area (Å²) in [7, 11) is 0. The van der Waals surface area contributed by atoms with E-state index in [0.717, 1.165) is 11.1 Å². The van der Waals surface area contributed by atoms with Crippen molar-refractivity contribution < 1.29 is 23.9 Å². The molecule has 0 saturated carbocycles. The van der Waals surface area contributed by atoms with Gasteiger partial charge < -0.3 is 20.3 Å². The minimum absolute atomic E-state index is 0.251. The Kier molecular flexibility index (Phi) is 8.29. The summed E-state index contributed by atoms with van der Waals surface area (Å²) >= 11 is 4.20. The molecule has 0 amide bonds. The lowest BCUT2D eigenvalue weighted by Gasteiger charge is -2.22. The fourth-order valence-electron chi connectivity index (χ4n) is 1.98. The average molecular weight is 386 g/mol. The van der Waals surface area contributed by atoms with Gasteiger partial charge in [0.1, 0.15) is 12.1 Å². The van der Waals surface area contributed by atoms with E-state index in [-0.39, 0.29) is 12.6 Å². The Bertz CT molecular complexity index is 695. The minimum Gasteiger partial charge on any atom is -0.459 e. The number of carbonyl (C=O) groups excluding carboxylic acids is 1. The van der Waals surface area contributed by atoms with E-state index >= 15 is 0 Å². The Labute approximate surface area is 151 Å². The summed E-state index contributed by atoms with van der Waals surface area (Å²) in [4.78, 5) is 26.9. The highest BCUT2D eigenvalue weighted by Gasteiger charge is 2.30. The van der Waals surface area contributed by atoms with Crippen molar-refractivity contribution in [2.24, 2.45) is 5.73 Å². The van der Waals surface area contributed by atoms with E-state index in [1.165, 1.54) is 0 Å². The molecule has 0 saturated heterocycles. The van der Waals surface area contributed by atoms with Crippen LogP contribution < -0.4 is 5.73 Å². The Morgan fingerprint density at radius 3 is 1.92 bits per heavy atom. The van der Waals surface area contributed by atoms with Gasteiger partial charge in [-0.25, -0.2) is 4.57 Å². The van der Waals surface area contributed by atoms with Gasteiger partial charge in [0.2, 0.25) is 0 Å². The first kappa shape index (κ1) is 21.4. The maximum Gasteiger partial charge on any atom is 0.419 e. The van der Waals surface area contributed by atoms with Gasteiger partial charge in [0, 0.05) is 17.7 Å². The van der Waals surface area contributed by atoms with E-state index in [9.17, 15) is 4.79 Å². The molecule has 0 radical (unpaired) electrons. The van der Waals surface area contributed by atoms with E-state index in [1.807, 2.05) is 60.7 Å². The molecule has 0 aliphatic rings. The van der Waals surface area contributed by atoms with Crippen LogP contribution in [0.4, 0.5) is 0 Å². The van der Waals surface area contributed by atoms with Gasteiger partial charge >= 0.3 is 12.9 Å². The number of nitrogens with two attached hydrogens (primary N) is 1. The largest absolute Gasteiger partial charge is 0.459 e. The van der Waals surface area contributed by atoms with E-state index in [4.69, 9.17) is 24.8 Å². The summed E-state index contributed by atoms with van der Waals surface area (Å²) < 4.78 is 14.4. The molecule has 0 aliphatic heterocycles. The van der Waals surface area contributed by atoms with Crippen molar-refractivity contribution in [2.75, 3.05) is 0 Å². The maximum absolute atomic E-state index is 12.1. The van der Waals surface area contributed by atoms with Gasteiger partial charge in [0.25, 0.3) is 0 Å². The molecule has 0 aliphatic carbocycles. The van der Waals surface area contributed by atoms with Crippen LogP contribution in [-0.2, 0) is 27.1 Å². The summed E-state index contributed by atoms with van der Waals surface area (Å²) in [6.45, 7) is -2.21. The lowest BCUT2D eigenvalue weighted by molar-refractivity contribution is -0.150. The van der Waals surface area contributed by atoms with Crippen molar-refractivity contribution in [1.29, 1.82) is 0 Å². The van der Waals surface area contributed by atoms with Crippen molar-refractivity contribution in [3.8, 4) is 0 Å². The normalized spacial score (nSPS) is 13.2. The third kappa shape index (κ3) is 10.0. The van der Waals surface area contributed by atoms with Crippen molar-refractivity contribution in [2.45, 2.75) is 25.5 Å². The van der Waals surface area contributed by atoms with Crippen LogP contribution in [0.15, 0.2) is 60.7 Å². The number of hydrogen-bond acceptors (Lipinski definition) is 4. The zero-order valence-corrected chi connectivity index (χ0v) is 15.4. The standard InChI is InChI=1S/C17H19NO2.ClH2O3P/c1-17(18,12-14-8-4-2-5-9-14)16(19)20-13-15-10-6-3-7-11-15;1-5(2,3)4/h2-11H,12-13,18H2,1H3;(H2,2,3,4). The molecule has 2 rings (SSSR count). The van der Waals surface area contributed by atoms with Gasteiger partial charge in [-0.1, -0.05) is 60.7 Å². The van der Waals surface area contributed by atoms with Crippen molar-refractivity contribution in [3.05, 3.63) is 71.8 Å². The molecule has 1 atom stereocenters. The molecule has 2 aromatic carbocycles. The Morgan fingerprint density at radius 2 is 1.48 bits per heavy atom. The number of hydrogen-bond donors (Lipinski definition) is 3. The number of carbonyl (C=O) groups is 1. The summed E-state index contributed by atoms with van der Waals surface area (Å²) in [5.74, 6) is -0.384. The average Bonchev–Trinajstić information content (AvgIpc) is 2.52. The summed E-state index contributed by atoms with van der Waals surface area (Å²) in [5.41, 5.74) is 7.04. The molecule has 0 spiro atoms. The molecule has 4 N–H and O–H groups in total. The predicted octanol–water partition coefficient (Wildman–Crippen LogP) is 3.01. The number of benzene rings is 2. The zero-order chi connectivity index (χ0) is 18.9. The Morgan fingerprint density at radius 1 is 1.08 bits per heavy atom. The molecule has 136 valence electrons. The number of halogens is 1. The van der Waals surface area contributed by atoms with E-state index < -0.39 is 12.5 Å². The zero-order valence-electron chi connectivity index (χ0n) is 13.7. The maximum atomic E-state index is 12.1. The highest BCUT2D eigenvalue weighted by Crippen LogP contribution is 2.39. The molecule has 0 heterocycles. The van der Waals surface area contributed by atoms with E-state index in [1.54, 1.807) is 6.92 Å². The van der Waals surface area contributed by atoms with Crippen LogP contribution in [0.2, 0.25) is 0 Å². The molecular formula is C17H21ClNO5P. The Balaban J connectivity index is 0.000000550. The fourth-order valence-corrected chi connectivity index (χ4v) is 1.98. The second kappa shape index (κ2) is 9.70. The summed E-state index contributed by atoms with van der Waals surface area (Å²) in [5, 5.41) is 0. The molecular weight excluding hydrogens is 365 g/mol. The van der Waals surface area contributed by atoms with Crippen LogP contribution >= 0.6 is 18.2 Å². The van der Waals surface area contributed by atoms with Gasteiger partial charge in [-0.15, -0.1) is 0 Å². The van der Waals surface area contributed by atoms with Gasteiger partial charge in [-0.2, -0.15) is 0 Å². The molecule has 25 heavy (non-hydrogen) atoms. The van der Waals surface area contributed by atoms with Gasteiger partial charge in [-0.3, -0.25) is 4.79 Å². The Hall–Kier alpha value is -1.69. The fraction of sp³-hybridized carbons (Fsp3) is 0.235. The molecule has 6 nitrogen and oxygen atoms in total. The molecule has 8 heteroatoms. The van der Waals surface area contributed by atoms with Gasteiger partial charge in [0.05, 0.1) is 0 Å². The minimum atomic E-state index is -4.17. The molecule has 0 fully saturated rings. The first-order valence-electron chi connectivity index (χ1n) is 7.37. The third-order valence-corrected chi connectivity index (χ3v) is 3.09. The van der Waals surface area contributed by atoms with Crippen molar-refractivity contribution in [3.63, 3.8) is 0 Å². The number of ether oxygens (including phenoxy) is 1. The third-order valence-electron chi connectivity index (χ3n) is 3.09. The van der Waals surface area contributed by atoms with Crippen LogP contribution in [0.1, 0.15) is 18.1 Å². The topological polar surface area (TPSA) is 110 Å². The first-order chi connectivity index (χ1) is 11.6. The molecule has 0 aromatic heterocycles. The van der Waals surface area contributed by atoms with Crippen LogP contribution in [0, 0.1) is 0 Å². The first-order valence-corrected chi connectivity index (χ1v) is 9.89. The number of esters is 1. The van der Waals surface area contributed by atoms with Crippen molar-refractivity contribution >= 4 is 24.2 Å². The molecule has 2 aromatic rings. The number of rotatable bonds is 5. The van der Waals surface area contributed by atoms with Crippen molar-refractivity contribution in [1.82, 2.24) is 0 Å². The van der Waals surface area contributed by atoms with Gasteiger partial charge in [0.15, 0.2) is 0 Å². The predicted molar refractivity (Wildman–Crippen MR) is 96.9 cm³/mol. The lowest BCUT2D eigenvalue weighted by Crippen LogP contribution is -2.48. The lowest BCUT2D eigenvalue weighted by atomic mass is 9.94. The molecule has 0 bridgehead atoms. The summed E-state index contributed by atoms with van der Waals surface area (Å²) in [6.07, 6.45) is 0.460. The highest BCUT2D eigenvalue weighted by molar-refractivity contribution is 7.79.